The number of likely N-dealkylation sites (tertiary alicyclic amines) is 1. The third-order valence-electron chi connectivity index (χ3n) is 6.13. The molecule has 0 unspecified atom stereocenters. The Balaban J connectivity index is 1.23. The van der Waals surface area contributed by atoms with E-state index in [1.54, 1.807) is 0 Å². The molecule has 1 aliphatic rings. The molecule has 9 nitrogen and oxygen atoms in total. The Bertz CT molecular complexity index is 1330. The van der Waals surface area contributed by atoms with Gasteiger partial charge in [-0.15, -0.1) is 13.2 Å². The second kappa shape index (κ2) is 10.3. The van der Waals surface area contributed by atoms with E-state index in [4.69, 9.17) is 4.52 Å². The summed E-state index contributed by atoms with van der Waals surface area (Å²) in [6.45, 7) is 4.93. The molecule has 1 saturated heterocycles. The van der Waals surface area contributed by atoms with Gasteiger partial charge < -0.3 is 14.4 Å². The summed E-state index contributed by atoms with van der Waals surface area (Å²) in [4.78, 5) is 11.2. The molecule has 1 aliphatic heterocycles. The molecule has 4 aromatic rings. The lowest BCUT2D eigenvalue weighted by atomic mass is 10.1. The Kier molecular flexibility index (Phi) is 6.94. The van der Waals surface area contributed by atoms with Crippen molar-refractivity contribution in [3.8, 4) is 28.7 Å². The van der Waals surface area contributed by atoms with E-state index < -0.39 is 6.36 Å². The molecule has 0 atom stereocenters. The number of aliphatic hydroxyl groups excluding tert-OH is 1. The number of alkyl halides is 3. The number of pyridine rings is 1. The summed E-state index contributed by atoms with van der Waals surface area (Å²) in [6, 6.07) is 11.1. The van der Waals surface area contributed by atoms with E-state index in [1.807, 2.05) is 36.0 Å². The van der Waals surface area contributed by atoms with Crippen LogP contribution in [0.15, 0.2) is 53.2 Å². The van der Waals surface area contributed by atoms with Crippen LogP contribution in [0.4, 0.5) is 13.2 Å². The van der Waals surface area contributed by atoms with Gasteiger partial charge in [0, 0.05) is 37.1 Å². The molecular weight excluding hydrogens is 489 g/mol. The van der Waals surface area contributed by atoms with Crippen molar-refractivity contribution in [2.24, 2.45) is 0 Å². The second-order valence-electron chi connectivity index (χ2n) is 8.99. The van der Waals surface area contributed by atoms with Gasteiger partial charge in [-0.3, -0.25) is 14.6 Å². The summed E-state index contributed by atoms with van der Waals surface area (Å²) in [5, 5.41) is 18.2. The number of benzene rings is 1. The summed E-state index contributed by atoms with van der Waals surface area (Å²) < 4.78 is 48.1. The molecule has 12 heteroatoms. The van der Waals surface area contributed by atoms with Crippen molar-refractivity contribution in [1.82, 2.24) is 29.8 Å². The number of hydrogen-bond acceptors (Lipinski definition) is 8. The Morgan fingerprint density at radius 1 is 1.08 bits per heavy atom. The maximum absolute atomic E-state index is 12.4. The molecule has 0 amide bonds. The van der Waals surface area contributed by atoms with Gasteiger partial charge in [0.2, 0.25) is 5.82 Å². The number of piperidine rings is 1. The van der Waals surface area contributed by atoms with E-state index in [2.05, 4.69) is 29.9 Å². The van der Waals surface area contributed by atoms with Gasteiger partial charge in [0.15, 0.2) is 5.69 Å². The highest BCUT2D eigenvalue weighted by atomic mass is 19.4. The first-order valence-electron chi connectivity index (χ1n) is 11.8. The van der Waals surface area contributed by atoms with Crippen LogP contribution in [0.3, 0.4) is 0 Å². The molecule has 3 aromatic heterocycles. The van der Waals surface area contributed by atoms with Crippen LogP contribution in [0.2, 0.25) is 0 Å². The minimum atomic E-state index is -4.76. The maximum Gasteiger partial charge on any atom is 0.573 e. The monoisotopic (exact) mass is 514 g/mol. The van der Waals surface area contributed by atoms with E-state index in [0.29, 0.717) is 17.8 Å². The smallest absolute Gasteiger partial charge is 0.406 e. The minimum Gasteiger partial charge on any atom is -0.406 e. The van der Waals surface area contributed by atoms with Crippen molar-refractivity contribution >= 4 is 0 Å². The first-order chi connectivity index (χ1) is 17.7. The van der Waals surface area contributed by atoms with E-state index in [9.17, 15) is 18.3 Å². The topological polar surface area (TPSA) is 102 Å². The third kappa shape index (κ3) is 6.33. The Morgan fingerprint density at radius 2 is 1.84 bits per heavy atom. The Hall–Kier alpha value is -3.77. The summed E-state index contributed by atoms with van der Waals surface area (Å²) in [7, 11) is 0. The SMILES string of the molecule is Cc1cc(-c2nc(-c3ccc(OC(F)(F)F)cc3)no2)nn1Cc1ccc(CN2CCC(O)CC2)nc1. The maximum atomic E-state index is 12.4. The van der Waals surface area contributed by atoms with Crippen LogP contribution in [0.1, 0.15) is 29.8 Å². The lowest BCUT2D eigenvalue weighted by Gasteiger charge is -2.29. The molecule has 37 heavy (non-hydrogen) atoms. The highest BCUT2D eigenvalue weighted by molar-refractivity contribution is 5.58. The van der Waals surface area contributed by atoms with Gasteiger partial charge in [-0.2, -0.15) is 10.1 Å². The molecule has 0 saturated carbocycles. The highest BCUT2D eigenvalue weighted by Gasteiger charge is 2.31. The van der Waals surface area contributed by atoms with Gasteiger partial charge in [0.05, 0.1) is 18.3 Å². The number of halogens is 3. The van der Waals surface area contributed by atoms with Crippen LogP contribution in [-0.4, -0.2) is 60.5 Å². The molecule has 0 aliphatic carbocycles. The summed E-state index contributed by atoms with van der Waals surface area (Å²) >= 11 is 0. The van der Waals surface area contributed by atoms with Crippen LogP contribution >= 0.6 is 0 Å². The molecule has 4 heterocycles. The minimum absolute atomic E-state index is 0.194. The average molecular weight is 515 g/mol. The third-order valence-corrected chi connectivity index (χ3v) is 6.13. The average Bonchev–Trinajstić information content (AvgIpc) is 3.49. The standard InChI is InChI=1S/C25H25F3N6O3/c1-16-12-22(24-30-23(32-37-24)18-3-6-21(7-4-18)36-25(26,27)28)31-34(16)14-17-2-5-19(29-13-17)15-33-10-8-20(35)9-11-33/h2-7,12-13,20,35H,8-11,14-15H2,1H3. The van der Waals surface area contributed by atoms with Gasteiger partial charge in [-0.05, 0) is 61.7 Å². The summed E-state index contributed by atoms with van der Waals surface area (Å²) in [5.74, 6) is 0.0968. The van der Waals surface area contributed by atoms with E-state index in [1.165, 1.54) is 24.3 Å². The lowest BCUT2D eigenvalue weighted by molar-refractivity contribution is -0.274. The molecule has 0 spiro atoms. The second-order valence-corrected chi connectivity index (χ2v) is 8.99. The fourth-order valence-electron chi connectivity index (χ4n) is 4.15. The number of aliphatic hydroxyl groups is 1. The Morgan fingerprint density at radius 3 is 2.51 bits per heavy atom. The van der Waals surface area contributed by atoms with Crippen molar-refractivity contribution in [3.05, 3.63) is 65.6 Å². The van der Waals surface area contributed by atoms with Gasteiger partial charge in [-0.25, -0.2) is 0 Å². The number of hydrogen-bond donors (Lipinski definition) is 1. The zero-order valence-corrected chi connectivity index (χ0v) is 20.0. The van der Waals surface area contributed by atoms with E-state index >= 15 is 0 Å². The van der Waals surface area contributed by atoms with Gasteiger partial charge in [-0.1, -0.05) is 11.2 Å². The largest absolute Gasteiger partial charge is 0.573 e. The number of aryl methyl sites for hydroxylation is 1. The molecule has 194 valence electrons. The number of nitrogens with zero attached hydrogens (tertiary/aromatic N) is 6. The zero-order chi connectivity index (χ0) is 26.0. The van der Waals surface area contributed by atoms with Crippen molar-refractivity contribution in [2.45, 2.75) is 45.3 Å². The van der Waals surface area contributed by atoms with Crippen LogP contribution in [0, 0.1) is 6.92 Å². The Labute approximate surface area is 210 Å². The highest BCUT2D eigenvalue weighted by Crippen LogP contribution is 2.27. The van der Waals surface area contributed by atoms with E-state index in [0.717, 1.165) is 49.4 Å². The quantitative estimate of drug-likeness (QED) is 0.392. The molecule has 0 radical (unpaired) electrons. The predicted molar refractivity (Wildman–Crippen MR) is 126 cm³/mol. The first-order valence-corrected chi connectivity index (χ1v) is 11.8. The molecule has 0 bridgehead atoms. The van der Waals surface area contributed by atoms with Crippen LogP contribution < -0.4 is 4.74 Å². The van der Waals surface area contributed by atoms with Gasteiger partial charge in [0.1, 0.15) is 5.75 Å². The molecule has 1 N–H and O–H groups in total. The van der Waals surface area contributed by atoms with Crippen molar-refractivity contribution in [3.63, 3.8) is 0 Å². The van der Waals surface area contributed by atoms with Crippen LogP contribution in [0.5, 0.6) is 5.75 Å². The lowest BCUT2D eigenvalue weighted by Crippen LogP contribution is -2.35. The molecule has 1 fully saturated rings. The molecular formula is C25H25F3N6O3. The summed E-state index contributed by atoms with van der Waals surface area (Å²) in [5.41, 5.74) is 3.83. The molecule has 1 aromatic carbocycles. The summed E-state index contributed by atoms with van der Waals surface area (Å²) in [6.07, 6.45) is -1.52. The molecule has 5 rings (SSSR count). The van der Waals surface area contributed by atoms with E-state index in [-0.39, 0.29) is 23.6 Å². The number of ether oxygens (including phenoxy) is 1. The zero-order valence-electron chi connectivity index (χ0n) is 20.0. The van der Waals surface area contributed by atoms with Crippen LogP contribution in [-0.2, 0) is 13.1 Å². The first kappa shape index (κ1) is 24.9. The number of rotatable bonds is 7. The van der Waals surface area contributed by atoms with Crippen molar-refractivity contribution < 1.29 is 27.5 Å². The van der Waals surface area contributed by atoms with Gasteiger partial charge in [0.25, 0.3) is 5.89 Å². The number of aromatic nitrogens is 5. The fourth-order valence-corrected chi connectivity index (χ4v) is 4.15. The predicted octanol–water partition coefficient (Wildman–Crippen LogP) is 4.21. The normalized spacial score (nSPS) is 15.3. The van der Waals surface area contributed by atoms with Crippen molar-refractivity contribution in [1.29, 1.82) is 0 Å². The fraction of sp³-hybridized carbons (Fsp3) is 0.360. The van der Waals surface area contributed by atoms with Crippen molar-refractivity contribution in [2.75, 3.05) is 13.1 Å². The van der Waals surface area contributed by atoms with Gasteiger partial charge >= 0.3 is 6.36 Å². The van der Waals surface area contributed by atoms with Crippen LogP contribution in [0.25, 0.3) is 23.0 Å².